The van der Waals surface area contributed by atoms with Gasteiger partial charge >= 0.3 is 0 Å². The summed E-state index contributed by atoms with van der Waals surface area (Å²) < 4.78 is 0.949. The number of aromatic nitrogens is 2. The number of hydrogen-bond donors (Lipinski definition) is 1. The van der Waals surface area contributed by atoms with Gasteiger partial charge in [-0.1, -0.05) is 52.9 Å². The van der Waals surface area contributed by atoms with Crippen LogP contribution in [0, 0.1) is 13.8 Å². The van der Waals surface area contributed by atoms with E-state index in [-0.39, 0.29) is 11.2 Å². The number of rotatable bonds is 4. The van der Waals surface area contributed by atoms with E-state index in [4.69, 9.17) is 16.6 Å². The van der Waals surface area contributed by atoms with Crippen molar-refractivity contribution in [1.82, 2.24) is 9.97 Å². The van der Waals surface area contributed by atoms with Crippen LogP contribution in [0.2, 0.25) is 5.02 Å². The van der Waals surface area contributed by atoms with Crippen molar-refractivity contribution >= 4 is 66.9 Å². The SMILES string of the molecule is Cc1cc(SC(C)C(=O)Nc2nc3ccc(Cl)cc3s2)nc2c(C)cccc12. The molecule has 0 bridgehead atoms. The lowest BCUT2D eigenvalue weighted by Gasteiger charge is -2.12. The predicted octanol–water partition coefficient (Wildman–Crippen LogP) is 6.23. The average Bonchev–Trinajstić information content (AvgIpc) is 3.04. The number of hydrogen-bond acceptors (Lipinski definition) is 5. The third kappa shape index (κ3) is 3.85. The molecule has 2 heterocycles. The molecule has 1 N–H and O–H groups in total. The summed E-state index contributed by atoms with van der Waals surface area (Å²) in [5, 5.41) is 5.84. The van der Waals surface area contributed by atoms with Crippen LogP contribution in [0.3, 0.4) is 0 Å². The maximum absolute atomic E-state index is 12.7. The van der Waals surface area contributed by atoms with Crippen molar-refractivity contribution in [2.24, 2.45) is 0 Å². The quantitative estimate of drug-likeness (QED) is 0.392. The minimum absolute atomic E-state index is 0.0977. The van der Waals surface area contributed by atoms with Crippen LogP contribution in [-0.4, -0.2) is 21.1 Å². The van der Waals surface area contributed by atoms with E-state index in [0.29, 0.717) is 10.2 Å². The van der Waals surface area contributed by atoms with Crippen molar-refractivity contribution in [3.8, 4) is 0 Å². The number of carbonyl (C=O) groups is 1. The summed E-state index contributed by atoms with van der Waals surface area (Å²) in [4.78, 5) is 21.9. The maximum atomic E-state index is 12.7. The number of benzene rings is 2. The Labute approximate surface area is 176 Å². The maximum Gasteiger partial charge on any atom is 0.239 e. The normalized spacial score (nSPS) is 12.4. The van der Waals surface area contributed by atoms with Crippen LogP contribution in [0.1, 0.15) is 18.1 Å². The largest absolute Gasteiger partial charge is 0.301 e. The number of aryl methyl sites for hydroxylation is 2. The molecule has 4 rings (SSSR count). The zero-order valence-corrected chi connectivity index (χ0v) is 18.0. The van der Waals surface area contributed by atoms with Gasteiger partial charge in [0.05, 0.1) is 26.0 Å². The lowest BCUT2D eigenvalue weighted by Crippen LogP contribution is -2.22. The van der Waals surface area contributed by atoms with E-state index in [9.17, 15) is 4.79 Å². The molecular weight excluding hydrogens is 410 g/mol. The van der Waals surface area contributed by atoms with E-state index >= 15 is 0 Å². The van der Waals surface area contributed by atoms with Crippen molar-refractivity contribution < 1.29 is 4.79 Å². The van der Waals surface area contributed by atoms with Gasteiger partial charge in [0.15, 0.2) is 5.13 Å². The Kier molecular flexibility index (Phi) is 5.27. The Morgan fingerprint density at radius 3 is 2.79 bits per heavy atom. The first-order valence-electron chi connectivity index (χ1n) is 8.81. The van der Waals surface area contributed by atoms with Crippen LogP contribution < -0.4 is 5.32 Å². The first-order chi connectivity index (χ1) is 13.4. The molecule has 142 valence electrons. The first-order valence-corrected chi connectivity index (χ1v) is 10.9. The highest BCUT2D eigenvalue weighted by atomic mass is 35.5. The molecular formula is C21H18ClN3OS2. The van der Waals surface area contributed by atoms with Crippen LogP contribution in [0.25, 0.3) is 21.1 Å². The average molecular weight is 428 g/mol. The second-order valence-corrected chi connectivity index (χ2v) is 9.46. The molecule has 28 heavy (non-hydrogen) atoms. The number of para-hydroxylation sites is 1. The summed E-state index contributed by atoms with van der Waals surface area (Å²) in [6.07, 6.45) is 0. The summed E-state index contributed by atoms with van der Waals surface area (Å²) in [6.45, 7) is 6.01. The van der Waals surface area contributed by atoms with Gasteiger partial charge in [-0.3, -0.25) is 4.79 Å². The number of fused-ring (bicyclic) bond motifs is 2. The van der Waals surface area contributed by atoms with E-state index in [1.807, 2.05) is 31.2 Å². The Hall–Kier alpha value is -2.15. The Morgan fingerprint density at radius 1 is 1.14 bits per heavy atom. The lowest BCUT2D eigenvalue weighted by molar-refractivity contribution is -0.115. The zero-order valence-electron chi connectivity index (χ0n) is 15.6. The highest BCUT2D eigenvalue weighted by molar-refractivity contribution is 8.00. The zero-order chi connectivity index (χ0) is 19.8. The van der Waals surface area contributed by atoms with Crippen LogP contribution >= 0.6 is 34.7 Å². The van der Waals surface area contributed by atoms with Gasteiger partial charge in [0, 0.05) is 10.4 Å². The van der Waals surface area contributed by atoms with Gasteiger partial charge < -0.3 is 5.32 Å². The monoisotopic (exact) mass is 427 g/mol. The molecule has 0 radical (unpaired) electrons. The molecule has 0 aliphatic rings. The number of thioether (sulfide) groups is 1. The van der Waals surface area contributed by atoms with Crippen molar-refractivity contribution in [2.75, 3.05) is 5.32 Å². The smallest absolute Gasteiger partial charge is 0.239 e. The molecule has 4 aromatic rings. The lowest BCUT2D eigenvalue weighted by atomic mass is 10.1. The number of pyridine rings is 1. The molecule has 2 aromatic heterocycles. The van der Waals surface area contributed by atoms with Gasteiger partial charge in [-0.2, -0.15) is 0 Å². The molecule has 2 aromatic carbocycles. The number of amides is 1. The number of anilines is 1. The van der Waals surface area contributed by atoms with E-state index in [1.165, 1.54) is 23.1 Å². The molecule has 0 aliphatic carbocycles. The number of carbonyl (C=O) groups excluding carboxylic acids is 1. The molecule has 0 saturated heterocycles. The Balaban J connectivity index is 1.52. The molecule has 1 atom stereocenters. The summed E-state index contributed by atoms with van der Waals surface area (Å²) in [7, 11) is 0. The van der Waals surface area contributed by atoms with Crippen molar-refractivity contribution in [3.63, 3.8) is 0 Å². The topological polar surface area (TPSA) is 54.9 Å². The Morgan fingerprint density at radius 2 is 1.96 bits per heavy atom. The molecule has 7 heteroatoms. The van der Waals surface area contributed by atoms with Crippen molar-refractivity contribution in [3.05, 3.63) is 58.6 Å². The summed E-state index contributed by atoms with van der Waals surface area (Å²) >= 11 is 8.89. The Bertz CT molecular complexity index is 1210. The second-order valence-electron chi connectivity index (χ2n) is 6.63. The second kappa shape index (κ2) is 7.70. The third-order valence-electron chi connectivity index (χ3n) is 4.47. The van der Waals surface area contributed by atoms with Crippen LogP contribution in [0.4, 0.5) is 5.13 Å². The minimum Gasteiger partial charge on any atom is -0.301 e. The number of thiazole rings is 1. The first kappa shape index (κ1) is 19.2. The van der Waals surface area contributed by atoms with Gasteiger partial charge in [-0.25, -0.2) is 9.97 Å². The van der Waals surface area contributed by atoms with Gasteiger partial charge in [0.2, 0.25) is 5.91 Å². The molecule has 0 spiro atoms. The summed E-state index contributed by atoms with van der Waals surface area (Å²) in [6, 6.07) is 13.7. The summed E-state index contributed by atoms with van der Waals surface area (Å²) in [5.41, 5.74) is 4.10. The molecule has 1 unspecified atom stereocenters. The number of nitrogens with zero attached hydrogens (tertiary/aromatic N) is 2. The highest BCUT2D eigenvalue weighted by Gasteiger charge is 2.18. The van der Waals surface area contributed by atoms with Gasteiger partial charge in [0.25, 0.3) is 0 Å². The molecule has 1 amide bonds. The van der Waals surface area contributed by atoms with Crippen LogP contribution in [-0.2, 0) is 4.79 Å². The fraction of sp³-hybridized carbons (Fsp3) is 0.190. The highest BCUT2D eigenvalue weighted by Crippen LogP contribution is 2.31. The van der Waals surface area contributed by atoms with E-state index in [0.717, 1.165) is 37.3 Å². The number of halogens is 1. The fourth-order valence-corrected chi connectivity index (χ4v) is 5.05. The van der Waals surface area contributed by atoms with Gasteiger partial charge in [-0.05, 0) is 56.2 Å². The minimum atomic E-state index is -0.302. The number of nitrogens with one attached hydrogen (secondary N) is 1. The molecule has 0 fully saturated rings. The molecule has 0 aliphatic heterocycles. The predicted molar refractivity (Wildman–Crippen MR) is 120 cm³/mol. The van der Waals surface area contributed by atoms with Gasteiger partial charge in [-0.15, -0.1) is 0 Å². The van der Waals surface area contributed by atoms with Crippen LogP contribution in [0.5, 0.6) is 0 Å². The molecule has 4 nitrogen and oxygen atoms in total. The van der Waals surface area contributed by atoms with E-state index in [2.05, 4.69) is 36.3 Å². The van der Waals surface area contributed by atoms with Gasteiger partial charge in [0.1, 0.15) is 0 Å². The van der Waals surface area contributed by atoms with Crippen molar-refractivity contribution in [1.29, 1.82) is 0 Å². The van der Waals surface area contributed by atoms with Crippen molar-refractivity contribution in [2.45, 2.75) is 31.0 Å². The fourth-order valence-electron chi connectivity index (χ4n) is 2.98. The standard InChI is InChI=1S/C21H18ClN3OS2/c1-11-5-4-6-15-12(2)9-18(24-19(11)15)27-13(3)20(26)25-21-23-16-8-7-14(22)10-17(16)28-21/h4-10,13H,1-3H3,(H,23,25,26). The van der Waals surface area contributed by atoms with E-state index < -0.39 is 0 Å². The summed E-state index contributed by atoms with van der Waals surface area (Å²) in [5.74, 6) is -0.0977. The molecule has 0 saturated carbocycles. The third-order valence-corrected chi connectivity index (χ3v) is 6.66. The van der Waals surface area contributed by atoms with Crippen LogP contribution in [0.15, 0.2) is 47.5 Å². The van der Waals surface area contributed by atoms with E-state index in [1.54, 1.807) is 6.07 Å².